The van der Waals surface area contributed by atoms with Crippen molar-refractivity contribution in [2.45, 2.75) is 39.5 Å². The molecule has 38 heavy (non-hydrogen) atoms. The van der Waals surface area contributed by atoms with E-state index >= 15 is 0 Å². The minimum Gasteiger partial charge on any atom is -0.308 e. The molecule has 4 aromatic rings. The van der Waals surface area contributed by atoms with Gasteiger partial charge in [0.1, 0.15) is 5.65 Å². The second kappa shape index (κ2) is 10.5. The molecule has 0 spiro atoms. The zero-order valence-electron chi connectivity index (χ0n) is 22.4. The summed E-state index contributed by atoms with van der Waals surface area (Å²) in [4.78, 5) is 17.3. The number of carbonyl (C=O) groups excluding carboxylic acids is 1. The van der Waals surface area contributed by atoms with Crippen molar-refractivity contribution in [2.24, 2.45) is 5.92 Å². The number of nitrogens with zero attached hydrogens (tertiary/aromatic N) is 2. The van der Waals surface area contributed by atoms with Crippen LogP contribution in [0.25, 0.3) is 22.5 Å². The van der Waals surface area contributed by atoms with Gasteiger partial charge in [-0.25, -0.2) is 9.78 Å². The second-order valence-corrected chi connectivity index (χ2v) is 10.7. The van der Waals surface area contributed by atoms with Gasteiger partial charge in [0.05, 0.1) is 11.9 Å². The lowest BCUT2D eigenvalue weighted by molar-refractivity contribution is 0.262. The number of imidazole rings is 1. The number of pyridine rings is 1. The molecule has 0 saturated heterocycles. The number of allylic oxidation sites excluding steroid dienone is 6. The Morgan fingerprint density at radius 1 is 0.947 bits per heavy atom. The van der Waals surface area contributed by atoms with Gasteiger partial charge in [-0.05, 0) is 70.9 Å². The molecular formula is C33H34N4O. The van der Waals surface area contributed by atoms with E-state index in [1.807, 2.05) is 48.7 Å². The molecule has 0 radical (unpaired) electrons. The largest absolute Gasteiger partial charge is 0.323 e. The SMILES string of the molecule is CCC1C=CC=C(c2ccn3c(-c4ccc(NC(=O)Nc5cccc(C(C)(C)C)c5)cc4)cnc3c2)C=C1. The quantitative estimate of drug-likeness (QED) is 0.287. The third-order valence-electron chi connectivity index (χ3n) is 6.90. The standard InChI is InChI=1S/C33H34N4O/c1-5-23-8-6-9-24(13-12-23)26-18-19-37-30(22-34-31(37)20-26)25-14-16-28(17-15-25)35-32(38)36-29-11-7-10-27(21-29)33(2,3)4/h6-23H,5H2,1-4H3,(H2,35,36,38). The van der Waals surface area contributed by atoms with E-state index in [9.17, 15) is 4.79 Å². The number of urea groups is 1. The van der Waals surface area contributed by atoms with Gasteiger partial charge in [-0.2, -0.15) is 0 Å². The van der Waals surface area contributed by atoms with Crippen LogP contribution >= 0.6 is 0 Å². The first-order valence-electron chi connectivity index (χ1n) is 13.1. The van der Waals surface area contributed by atoms with E-state index in [1.54, 1.807) is 0 Å². The van der Waals surface area contributed by atoms with Gasteiger partial charge in [0, 0.05) is 23.1 Å². The minimum atomic E-state index is -0.270. The summed E-state index contributed by atoms with van der Waals surface area (Å²) in [5.74, 6) is 0.480. The summed E-state index contributed by atoms with van der Waals surface area (Å²) in [7, 11) is 0. The molecule has 1 atom stereocenters. The molecule has 0 aliphatic heterocycles. The maximum absolute atomic E-state index is 12.6. The van der Waals surface area contributed by atoms with Gasteiger partial charge >= 0.3 is 6.03 Å². The van der Waals surface area contributed by atoms with Crippen LogP contribution < -0.4 is 10.6 Å². The number of amides is 2. The van der Waals surface area contributed by atoms with Crippen LogP contribution in [0.2, 0.25) is 0 Å². The van der Waals surface area contributed by atoms with Crippen molar-refractivity contribution in [3.63, 3.8) is 0 Å². The van der Waals surface area contributed by atoms with Crippen molar-refractivity contribution < 1.29 is 4.79 Å². The first-order chi connectivity index (χ1) is 18.3. The summed E-state index contributed by atoms with van der Waals surface area (Å²) < 4.78 is 2.09. The molecule has 1 unspecified atom stereocenters. The van der Waals surface area contributed by atoms with Crippen LogP contribution in [-0.4, -0.2) is 15.4 Å². The van der Waals surface area contributed by atoms with Crippen LogP contribution in [0.1, 0.15) is 45.2 Å². The Labute approximate surface area is 224 Å². The third-order valence-corrected chi connectivity index (χ3v) is 6.90. The third kappa shape index (κ3) is 5.62. The van der Waals surface area contributed by atoms with Gasteiger partial charge in [0.2, 0.25) is 0 Å². The minimum absolute atomic E-state index is 0.0165. The predicted molar refractivity (Wildman–Crippen MR) is 158 cm³/mol. The molecule has 5 heteroatoms. The first-order valence-corrected chi connectivity index (χ1v) is 13.1. The van der Waals surface area contributed by atoms with Crippen LogP contribution in [-0.2, 0) is 5.41 Å². The van der Waals surface area contributed by atoms with Gasteiger partial charge in [0.15, 0.2) is 0 Å². The summed E-state index contributed by atoms with van der Waals surface area (Å²) in [5, 5.41) is 5.86. The van der Waals surface area contributed by atoms with Crippen LogP contribution in [0.15, 0.2) is 103 Å². The molecule has 1 aliphatic rings. The van der Waals surface area contributed by atoms with Gasteiger partial charge in [-0.1, -0.05) is 82.3 Å². The van der Waals surface area contributed by atoms with E-state index in [0.717, 1.165) is 40.3 Å². The highest BCUT2D eigenvalue weighted by atomic mass is 16.2. The lowest BCUT2D eigenvalue weighted by Crippen LogP contribution is -2.20. The molecule has 2 aromatic heterocycles. The van der Waals surface area contributed by atoms with Gasteiger partial charge in [-0.15, -0.1) is 0 Å². The fraction of sp³-hybridized carbons (Fsp3) is 0.212. The maximum Gasteiger partial charge on any atom is 0.323 e. The van der Waals surface area contributed by atoms with Gasteiger partial charge in [0.25, 0.3) is 0 Å². The van der Waals surface area contributed by atoms with Crippen molar-refractivity contribution >= 4 is 28.6 Å². The topological polar surface area (TPSA) is 58.4 Å². The Morgan fingerprint density at radius 3 is 2.50 bits per heavy atom. The van der Waals surface area contributed by atoms with E-state index in [1.165, 1.54) is 11.1 Å². The van der Waals surface area contributed by atoms with Gasteiger partial charge in [-0.3, -0.25) is 4.40 Å². The number of fused-ring (bicyclic) bond motifs is 1. The van der Waals surface area contributed by atoms with Crippen molar-refractivity contribution in [1.29, 1.82) is 0 Å². The summed E-state index contributed by atoms with van der Waals surface area (Å²) >= 11 is 0. The molecule has 1 aliphatic carbocycles. The molecule has 2 aromatic carbocycles. The number of anilines is 2. The Balaban J connectivity index is 1.28. The molecule has 0 bridgehead atoms. The Bertz CT molecular complexity index is 1550. The Hall–Kier alpha value is -4.38. The zero-order chi connectivity index (χ0) is 26.7. The fourth-order valence-corrected chi connectivity index (χ4v) is 4.57. The lowest BCUT2D eigenvalue weighted by atomic mass is 9.87. The number of carbonyl (C=O) groups is 1. The fourth-order valence-electron chi connectivity index (χ4n) is 4.57. The van der Waals surface area contributed by atoms with Crippen LogP contribution in [0.3, 0.4) is 0 Å². The molecule has 2 N–H and O–H groups in total. The van der Waals surface area contributed by atoms with Crippen LogP contribution in [0.4, 0.5) is 16.2 Å². The molecule has 0 saturated carbocycles. The van der Waals surface area contributed by atoms with Crippen molar-refractivity contribution in [2.75, 3.05) is 10.6 Å². The van der Waals surface area contributed by atoms with E-state index in [0.29, 0.717) is 5.92 Å². The number of aromatic nitrogens is 2. The predicted octanol–water partition coefficient (Wildman–Crippen LogP) is 8.48. The highest BCUT2D eigenvalue weighted by Crippen LogP contribution is 2.27. The average molecular weight is 503 g/mol. The number of hydrogen-bond donors (Lipinski definition) is 2. The molecule has 5 rings (SSSR count). The number of rotatable bonds is 5. The van der Waals surface area contributed by atoms with Crippen LogP contribution in [0.5, 0.6) is 0 Å². The highest BCUT2D eigenvalue weighted by molar-refractivity contribution is 6.00. The summed E-state index contributed by atoms with van der Waals surface area (Å²) in [6, 6.07) is 19.7. The van der Waals surface area contributed by atoms with E-state index < -0.39 is 0 Å². The average Bonchev–Trinajstić information content (AvgIpc) is 3.17. The molecular weight excluding hydrogens is 468 g/mol. The number of nitrogens with one attached hydrogen (secondary N) is 2. The Kier molecular flexibility index (Phi) is 7.01. The van der Waals surface area contributed by atoms with E-state index in [2.05, 4.69) is 102 Å². The maximum atomic E-state index is 12.6. The molecule has 0 fully saturated rings. The molecule has 192 valence electrons. The normalized spacial score (nSPS) is 15.3. The highest BCUT2D eigenvalue weighted by Gasteiger charge is 2.14. The van der Waals surface area contributed by atoms with Gasteiger partial charge < -0.3 is 10.6 Å². The number of benzene rings is 2. The second-order valence-electron chi connectivity index (χ2n) is 10.7. The number of hydrogen-bond acceptors (Lipinski definition) is 2. The monoisotopic (exact) mass is 502 g/mol. The molecule has 5 nitrogen and oxygen atoms in total. The summed E-state index contributed by atoms with van der Waals surface area (Å²) in [5.41, 5.74) is 7.93. The Morgan fingerprint density at radius 2 is 1.74 bits per heavy atom. The molecule has 2 amide bonds. The van der Waals surface area contributed by atoms with E-state index in [-0.39, 0.29) is 11.4 Å². The summed E-state index contributed by atoms with van der Waals surface area (Å²) in [6.07, 6.45) is 16.1. The van der Waals surface area contributed by atoms with Crippen LogP contribution in [0, 0.1) is 5.92 Å². The smallest absolute Gasteiger partial charge is 0.308 e. The van der Waals surface area contributed by atoms with Crippen molar-refractivity contribution in [3.8, 4) is 11.3 Å². The molecule has 2 heterocycles. The van der Waals surface area contributed by atoms with Crippen molar-refractivity contribution in [1.82, 2.24) is 9.38 Å². The summed E-state index contributed by atoms with van der Waals surface area (Å²) in [6.45, 7) is 8.67. The first kappa shape index (κ1) is 25.3. The van der Waals surface area contributed by atoms with Crippen molar-refractivity contribution in [3.05, 3.63) is 115 Å². The zero-order valence-corrected chi connectivity index (χ0v) is 22.4. The van der Waals surface area contributed by atoms with E-state index in [4.69, 9.17) is 0 Å². The lowest BCUT2D eigenvalue weighted by Gasteiger charge is -2.20.